The van der Waals surface area contributed by atoms with E-state index >= 15 is 0 Å². The van der Waals surface area contributed by atoms with Crippen molar-refractivity contribution in [3.63, 3.8) is 0 Å². The lowest BCUT2D eigenvalue weighted by molar-refractivity contribution is -0.116. The SMILES string of the molecule is COc1ccc(OC)c(NC(=O)C(C)Nc2ccc(OC)c(Cl)c2)c1. The Balaban J connectivity index is 2.09. The monoisotopic (exact) mass is 364 g/mol. The van der Waals surface area contributed by atoms with Gasteiger partial charge in [0, 0.05) is 11.8 Å². The number of hydrogen-bond acceptors (Lipinski definition) is 5. The molecule has 2 rings (SSSR count). The van der Waals surface area contributed by atoms with Gasteiger partial charge in [-0.1, -0.05) is 11.6 Å². The van der Waals surface area contributed by atoms with Crippen LogP contribution in [-0.2, 0) is 4.79 Å². The van der Waals surface area contributed by atoms with E-state index in [4.69, 9.17) is 25.8 Å². The molecule has 0 radical (unpaired) electrons. The second kappa shape index (κ2) is 8.48. The van der Waals surface area contributed by atoms with Crippen LogP contribution >= 0.6 is 11.6 Å². The number of amides is 1. The Kier molecular flexibility index (Phi) is 6.36. The number of methoxy groups -OCH3 is 3. The molecule has 0 aromatic heterocycles. The van der Waals surface area contributed by atoms with Gasteiger partial charge in [0.1, 0.15) is 23.3 Å². The fraction of sp³-hybridized carbons (Fsp3) is 0.278. The van der Waals surface area contributed by atoms with E-state index in [9.17, 15) is 4.79 Å². The second-order valence-corrected chi connectivity index (χ2v) is 5.68. The first kappa shape index (κ1) is 18.7. The third-order valence-electron chi connectivity index (χ3n) is 3.59. The van der Waals surface area contributed by atoms with Crippen LogP contribution in [0.3, 0.4) is 0 Å². The van der Waals surface area contributed by atoms with Crippen molar-refractivity contribution in [2.75, 3.05) is 32.0 Å². The molecule has 25 heavy (non-hydrogen) atoms. The normalized spacial score (nSPS) is 11.4. The molecule has 6 nitrogen and oxygen atoms in total. The number of anilines is 2. The Hall–Kier alpha value is -2.60. The predicted molar refractivity (Wildman–Crippen MR) is 99.3 cm³/mol. The summed E-state index contributed by atoms with van der Waals surface area (Å²) < 4.78 is 15.6. The summed E-state index contributed by atoms with van der Waals surface area (Å²) in [6.07, 6.45) is 0. The Morgan fingerprint density at radius 3 is 2.28 bits per heavy atom. The van der Waals surface area contributed by atoms with Crippen molar-refractivity contribution in [1.82, 2.24) is 0 Å². The highest BCUT2D eigenvalue weighted by Crippen LogP contribution is 2.30. The van der Waals surface area contributed by atoms with Crippen LogP contribution in [0.4, 0.5) is 11.4 Å². The molecule has 0 aliphatic rings. The average Bonchev–Trinajstić information content (AvgIpc) is 2.61. The first-order chi connectivity index (χ1) is 12.0. The summed E-state index contributed by atoms with van der Waals surface area (Å²) in [6.45, 7) is 1.75. The van der Waals surface area contributed by atoms with Crippen LogP contribution in [-0.4, -0.2) is 33.3 Å². The van der Waals surface area contributed by atoms with Crippen LogP contribution in [0.1, 0.15) is 6.92 Å². The fourth-order valence-electron chi connectivity index (χ4n) is 2.22. The molecule has 0 saturated heterocycles. The second-order valence-electron chi connectivity index (χ2n) is 5.27. The molecule has 0 aliphatic heterocycles. The number of rotatable bonds is 7. The van der Waals surface area contributed by atoms with Crippen LogP contribution in [0.15, 0.2) is 36.4 Å². The Labute approximate surface area is 152 Å². The average molecular weight is 365 g/mol. The molecular formula is C18H21ClN2O4. The van der Waals surface area contributed by atoms with Crippen molar-refractivity contribution in [3.8, 4) is 17.2 Å². The Bertz CT molecular complexity index is 752. The van der Waals surface area contributed by atoms with Gasteiger partial charge >= 0.3 is 0 Å². The lowest BCUT2D eigenvalue weighted by Crippen LogP contribution is -2.32. The summed E-state index contributed by atoms with van der Waals surface area (Å²) in [5, 5.41) is 6.39. The minimum Gasteiger partial charge on any atom is -0.497 e. The minimum absolute atomic E-state index is 0.224. The maximum Gasteiger partial charge on any atom is 0.246 e. The molecule has 7 heteroatoms. The number of benzene rings is 2. The molecule has 1 atom stereocenters. The van der Waals surface area contributed by atoms with E-state index in [1.807, 2.05) is 0 Å². The summed E-state index contributed by atoms with van der Waals surface area (Å²) in [6, 6.07) is 9.93. The van der Waals surface area contributed by atoms with Gasteiger partial charge in [0.25, 0.3) is 0 Å². The summed E-state index contributed by atoms with van der Waals surface area (Å²) in [7, 11) is 4.65. The maximum atomic E-state index is 12.5. The van der Waals surface area contributed by atoms with Crippen LogP contribution in [0.5, 0.6) is 17.2 Å². The van der Waals surface area contributed by atoms with Crippen molar-refractivity contribution in [2.24, 2.45) is 0 Å². The molecular weight excluding hydrogens is 344 g/mol. The van der Waals surface area contributed by atoms with E-state index in [1.165, 1.54) is 0 Å². The van der Waals surface area contributed by atoms with Crippen LogP contribution in [0, 0.1) is 0 Å². The van der Waals surface area contributed by atoms with Gasteiger partial charge < -0.3 is 24.8 Å². The molecule has 1 amide bonds. The highest BCUT2D eigenvalue weighted by Gasteiger charge is 2.16. The first-order valence-corrected chi connectivity index (χ1v) is 7.99. The van der Waals surface area contributed by atoms with Crippen molar-refractivity contribution in [1.29, 1.82) is 0 Å². The Morgan fingerprint density at radius 2 is 1.68 bits per heavy atom. The fourth-order valence-corrected chi connectivity index (χ4v) is 2.48. The van der Waals surface area contributed by atoms with Gasteiger partial charge in [0.2, 0.25) is 5.91 Å². The molecule has 0 bridgehead atoms. The zero-order valence-electron chi connectivity index (χ0n) is 14.6. The van der Waals surface area contributed by atoms with E-state index in [-0.39, 0.29) is 5.91 Å². The summed E-state index contributed by atoms with van der Waals surface area (Å²) >= 11 is 6.10. The van der Waals surface area contributed by atoms with Gasteiger partial charge in [-0.05, 0) is 37.3 Å². The number of ether oxygens (including phenoxy) is 3. The van der Waals surface area contributed by atoms with E-state index in [0.29, 0.717) is 33.6 Å². The summed E-state index contributed by atoms with van der Waals surface area (Å²) in [5.41, 5.74) is 1.25. The molecule has 0 spiro atoms. The van der Waals surface area contributed by atoms with E-state index in [2.05, 4.69) is 10.6 Å². The molecule has 0 fully saturated rings. The lowest BCUT2D eigenvalue weighted by atomic mass is 10.2. The van der Waals surface area contributed by atoms with Gasteiger partial charge in [0.15, 0.2) is 0 Å². The minimum atomic E-state index is -0.500. The molecule has 134 valence electrons. The van der Waals surface area contributed by atoms with E-state index in [1.54, 1.807) is 64.7 Å². The zero-order valence-corrected chi connectivity index (χ0v) is 15.3. The molecule has 0 heterocycles. The number of halogens is 1. The molecule has 2 N–H and O–H groups in total. The van der Waals surface area contributed by atoms with Gasteiger partial charge in [-0.2, -0.15) is 0 Å². The van der Waals surface area contributed by atoms with Crippen molar-refractivity contribution in [2.45, 2.75) is 13.0 Å². The van der Waals surface area contributed by atoms with E-state index in [0.717, 1.165) is 0 Å². The topological polar surface area (TPSA) is 68.8 Å². The predicted octanol–water partition coefficient (Wildman–Crippen LogP) is 3.80. The quantitative estimate of drug-likeness (QED) is 0.782. The molecule has 0 saturated carbocycles. The van der Waals surface area contributed by atoms with Crippen molar-refractivity contribution >= 4 is 28.9 Å². The zero-order chi connectivity index (χ0) is 18.4. The molecule has 2 aromatic rings. The largest absolute Gasteiger partial charge is 0.497 e. The van der Waals surface area contributed by atoms with Gasteiger partial charge in [-0.25, -0.2) is 0 Å². The van der Waals surface area contributed by atoms with Crippen molar-refractivity contribution in [3.05, 3.63) is 41.4 Å². The van der Waals surface area contributed by atoms with E-state index < -0.39 is 6.04 Å². The van der Waals surface area contributed by atoms with Crippen LogP contribution in [0.25, 0.3) is 0 Å². The van der Waals surface area contributed by atoms with Gasteiger partial charge in [-0.15, -0.1) is 0 Å². The summed E-state index contributed by atoms with van der Waals surface area (Å²) in [5.74, 6) is 1.52. The first-order valence-electron chi connectivity index (χ1n) is 7.61. The highest BCUT2D eigenvalue weighted by molar-refractivity contribution is 6.32. The number of carbonyl (C=O) groups is 1. The Morgan fingerprint density at radius 1 is 1.00 bits per heavy atom. The van der Waals surface area contributed by atoms with Crippen LogP contribution < -0.4 is 24.8 Å². The standard InChI is InChI=1S/C18H21ClN2O4/c1-11(20-12-5-7-16(24-3)14(19)9-12)18(22)21-15-10-13(23-2)6-8-17(15)25-4/h5-11,20H,1-4H3,(H,21,22). The molecule has 1 unspecified atom stereocenters. The number of nitrogens with one attached hydrogen (secondary N) is 2. The van der Waals surface area contributed by atoms with Crippen LogP contribution in [0.2, 0.25) is 5.02 Å². The van der Waals surface area contributed by atoms with Gasteiger partial charge in [0.05, 0.1) is 32.0 Å². The van der Waals surface area contributed by atoms with Crippen molar-refractivity contribution < 1.29 is 19.0 Å². The number of carbonyl (C=O) groups excluding carboxylic acids is 1. The molecule has 0 aliphatic carbocycles. The third-order valence-corrected chi connectivity index (χ3v) is 3.89. The smallest absolute Gasteiger partial charge is 0.246 e. The lowest BCUT2D eigenvalue weighted by Gasteiger charge is -2.17. The van der Waals surface area contributed by atoms with Gasteiger partial charge in [-0.3, -0.25) is 4.79 Å². The summed E-state index contributed by atoms with van der Waals surface area (Å²) in [4.78, 5) is 12.5. The highest BCUT2D eigenvalue weighted by atomic mass is 35.5. The molecule has 2 aromatic carbocycles. The third kappa shape index (κ3) is 4.70. The number of hydrogen-bond donors (Lipinski definition) is 2. The maximum absolute atomic E-state index is 12.5.